The standard InChI is InChI=1S/C46H34N2O/c1-2-13-32(14-3-1)44-37-19-8-9-22-41(37)47-46(48-44)38-21-11-23-42-43(38)40-28-39(35-17-6-7-18-36(35)45(40)49-42)31-26-24-30(25-27-31)34-20-10-15-29-12-4-5-16-33(29)34/h1-10,12-19,21-22,24-28,34-36H,11,20,23H2. The van der Waals surface area contributed by atoms with Crippen LogP contribution in [0.2, 0.25) is 0 Å². The van der Waals surface area contributed by atoms with Crippen LogP contribution in [0.3, 0.4) is 0 Å². The van der Waals surface area contributed by atoms with Crippen LogP contribution in [-0.4, -0.2) is 9.97 Å². The first kappa shape index (κ1) is 28.2. The molecule has 2 heterocycles. The highest BCUT2D eigenvalue weighted by atomic mass is 16.3. The van der Waals surface area contributed by atoms with E-state index in [-0.39, 0.29) is 11.8 Å². The van der Waals surface area contributed by atoms with Crippen molar-refractivity contribution in [3.63, 3.8) is 0 Å². The van der Waals surface area contributed by atoms with Gasteiger partial charge in [0.15, 0.2) is 5.82 Å². The summed E-state index contributed by atoms with van der Waals surface area (Å²) in [6.07, 6.45) is 21.1. The van der Waals surface area contributed by atoms with Crippen molar-refractivity contribution in [2.24, 2.45) is 5.92 Å². The summed E-state index contributed by atoms with van der Waals surface area (Å²) in [5, 5.41) is 1.06. The molecule has 4 aliphatic carbocycles. The summed E-state index contributed by atoms with van der Waals surface area (Å²) in [5.74, 6) is 3.58. The fourth-order valence-electron chi connectivity index (χ4n) is 8.38. The lowest BCUT2D eigenvalue weighted by Crippen LogP contribution is -2.17. The first-order chi connectivity index (χ1) is 24.3. The van der Waals surface area contributed by atoms with Crippen molar-refractivity contribution in [1.82, 2.24) is 9.97 Å². The van der Waals surface area contributed by atoms with Crippen LogP contribution in [-0.2, 0) is 6.42 Å². The zero-order valence-corrected chi connectivity index (χ0v) is 27.1. The Kier molecular flexibility index (Phi) is 6.58. The third-order valence-corrected chi connectivity index (χ3v) is 10.7. The van der Waals surface area contributed by atoms with Crippen LogP contribution < -0.4 is 0 Å². The van der Waals surface area contributed by atoms with E-state index in [4.69, 9.17) is 14.4 Å². The second kappa shape index (κ2) is 11.4. The van der Waals surface area contributed by atoms with Crippen LogP contribution in [0.5, 0.6) is 0 Å². The highest BCUT2D eigenvalue weighted by molar-refractivity contribution is 5.97. The molecular formula is C46H34N2O. The molecule has 6 aromatic rings. The monoisotopic (exact) mass is 630 g/mol. The van der Waals surface area contributed by atoms with E-state index in [0.29, 0.717) is 5.92 Å². The molecular weight excluding hydrogens is 597 g/mol. The number of hydrogen-bond donors (Lipinski definition) is 0. The Hall–Kier alpha value is -5.80. The van der Waals surface area contributed by atoms with E-state index in [1.807, 2.05) is 6.07 Å². The molecule has 3 heteroatoms. The summed E-state index contributed by atoms with van der Waals surface area (Å²) in [4.78, 5) is 10.4. The number of benzene rings is 4. The summed E-state index contributed by atoms with van der Waals surface area (Å²) in [6.45, 7) is 0. The Morgan fingerprint density at radius 1 is 0.714 bits per heavy atom. The van der Waals surface area contributed by atoms with Gasteiger partial charge in [-0.3, -0.25) is 0 Å². The highest BCUT2D eigenvalue weighted by Crippen LogP contribution is 2.51. The molecule has 10 rings (SSSR count). The maximum absolute atomic E-state index is 6.84. The molecule has 0 aliphatic heterocycles. The number of hydrogen-bond acceptors (Lipinski definition) is 3. The lowest BCUT2D eigenvalue weighted by Gasteiger charge is -2.30. The minimum atomic E-state index is 0.138. The molecule has 3 unspecified atom stereocenters. The van der Waals surface area contributed by atoms with Crippen molar-refractivity contribution < 1.29 is 4.42 Å². The normalized spacial score (nSPS) is 20.2. The van der Waals surface area contributed by atoms with Gasteiger partial charge in [-0.25, -0.2) is 9.97 Å². The third-order valence-electron chi connectivity index (χ3n) is 10.7. The van der Waals surface area contributed by atoms with Crippen molar-refractivity contribution in [3.8, 4) is 11.3 Å². The predicted molar refractivity (Wildman–Crippen MR) is 200 cm³/mol. The summed E-state index contributed by atoms with van der Waals surface area (Å²) in [7, 11) is 0. The van der Waals surface area contributed by atoms with Crippen LogP contribution in [0.4, 0.5) is 0 Å². The molecule has 234 valence electrons. The molecule has 4 aromatic carbocycles. The van der Waals surface area contributed by atoms with Gasteiger partial charge >= 0.3 is 0 Å². The van der Waals surface area contributed by atoms with Gasteiger partial charge < -0.3 is 4.42 Å². The van der Waals surface area contributed by atoms with Crippen molar-refractivity contribution in [1.29, 1.82) is 0 Å². The number of furan rings is 1. The number of aryl methyl sites for hydroxylation is 1. The van der Waals surface area contributed by atoms with E-state index in [9.17, 15) is 0 Å². The Bertz CT molecular complexity index is 2420. The molecule has 0 saturated carbocycles. The summed E-state index contributed by atoms with van der Waals surface area (Å²) in [5.41, 5.74) is 13.1. The number of aromatic nitrogens is 2. The molecule has 49 heavy (non-hydrogen) atoms. The van der Waals surface area contributed by atoms with Gasteiger partial charge in [-0.15, -0.1) is 0 Å². The maximum Gasteiger partial charge on any atom is 0.160 e. The molecule has 3 atom stereocenters. The molecule has 0 N–H and O–H groups in total. The van der Waals surface area contributed by atoms with E-state index in [1.54, 1.807) is 0 Å². The average Bonchev–Trinajstić information content (AvgIpc) is 3.56. The smallest absolute Gasteiger partial charge is 0.160 e. The minimum Gasteiger partial charge on any atom is -0.464 e. The second-order valence-corrected chi connectivity index (χ2v) is 13.5. The SMILES string of the molecule is C1=CC2C(c3ccc(C4CC=Cc5ccccc54)cc3)=Cc3c(oc4c3C(c3nc(-c5ccccc5)c5ccccc5n3)=CCC4)C2C=C1. The molecule has 4 aliphatic rings. The Morgan fingerprint density at radius 3 is 2.41 bits per heavy atom. The average molecular weight is 631 g/mol. The molecule has 3 nitrogen and oxygen atoms in total. The van der Waals surface area contributed by atoms with Crippen molar-refractivity contribution in [2.75, 3.05) is 0 Å². The van der Waals surface area contributed by atoms with Crippen LogP contribution in [0.15, 0.2) is 144 Å². The Balaban J connectivity index is 1.09. The molecule has 0 spiro atoms. The predicted octanol–water partition coefficient (Wildman–Crippen LogP) is 11.2. The number of para-hydroxylation sites is 1. The Labute approximate surface area is 286 Å². The fourth-order valence-corrected chi connectivity index (χ4v) is 8.38. The van der Waals surface area contributed by atoms with Crippen LogP contribution in [0, 0.1) is 5.92 Å². The van der Waals surface area contributed by atoms with E-state index < -0.39 is 0 Å². The van der Waals surface area contributed by atoms with Gasteiger partial charge in [0.2, 0.25) is 0 Å². The largest absolute Gasteiger partial charge is 0.464 e. The third kappa shape index (κ3) is 4.64. The van der Waals surface area contributed by atoms with Gasteiger partial charge in [0.05, 0.1) is 11.2 Å². The zero-order chi connectivity index (χ0) is 32.3. The summed E-state index contributed by atoms with van der Waals surface area (Å²) < 4.78 is 6.84. The van der Waals surface area contributed by atoms with Gasteiger partial charge in [-0.2, -0.15) is 0 Å². The van der Waals surface area contributed by atoms with Gasteiger partial charge in [0.1, 0.15) is 11.5 Å². The van der Waals surface area contributed by atoms with Gasteiger partial charge in [0, 0.05) is 51.8 Å². The van der Waals surface area contributed by atoms with Gasteiger partial charge in [-0.1, -0.05) is 140 Å². The fraction of sp³-hybridized carbons (Fsp3) is 0.130. The van der Waals surface area contributed by atoms with Crippen molar-refractivity contribution in [2.45, 2.75) is 31.1 Å². The van der Waals surface area contributed by atoms with E-state index in [1.165, 1.54) is 33.4 Å². The topological polar surface area (TPSA) is 38.9 Å². The molecule has 0 bridgehead atoms. The molecule has 0 amide bonds. The summed E-state index contributed by atoms with van der Waals surface area (Å²) >= 11 is 0. The lowest BCUT2D eigenvalue weighted by atomic mass is 9.72. The molecule has 0 saturated heterocycles. The number of nitrogens with zero attached hydrogens (tertiary/aromatic N) is 2. The molecule has 0 radical (unpaired) electrons. The highest BCUT2D eigenvalue weighted by Gasteiger charge is 2.38. The van der Waals surface area contributed by atoms with E-state index >= 15 is 0 Å². The van der Waals surface area contributed by atoms with Crippen LogP contribution in [0.1, 0.15) is 75.4 Å². The summed E-state index contributed by atoms with van der Waals surface area (Å²) in [6, 6.07) is 36.9. The van der Waals surface area contributed by atoms with Crippen molar-refractivity contribution in [3.05, 3.63) is 190 Å². The lowest BCUT2D eigenvalue weighted by molar-refractivity contribution is 0.433. The number of allylic oxidation sites excluding steroid dienone is 7. The van der Waals surface area contributed by atoms with Crippen LogP contribution in [0.25, 0.3) is 45.5 Å². The van der Waals surface area contributed by atoms with E-state index in [0.717, 1.165) is 69.9 Å². The van der Waals surface area contributed by atoms with Gasteiger partial charge in [0.25, 0.3) is 0 Å². The zero-order valence-electron chi connectivity index (χ0n) is 27.1. The van der Waals surface area contributed by atoms with Gasteiger partial charge in [-0.05, 0) is 52.8 Å². The van der Waals surface area contributed by atoms with Crippen molar-refractivity contribution >= 4 is 34.2 Å². The quantitative estimate of drug-likeness (QED) is 0.195. The maximum atomic E-state index is 6.84. The second-order valence-electron chi connectivity index (χ2n) is 13.5. The molecule has 2 aromatic heterocycles. The first-order valence-electron chi connectivity index (χ1n) is 17.4. The van der Waals surface area contributed by atoms with Crippen LogP contribution >= 0.6 is 0 Å². The number of rotatable bonds is 4. The Morgan fingerprint density at radius 2 is 1.51 bits per heavy atom. The molecule has 0 fully saturated rings. The first-order valence-corrected chi connectivity index (χ1v) is 17.4. The minimum absolute atomic E-state index is 0.138. The number of fused-ring (bicyclic) bond motifs is 7. The van der Waals surface area contributed by atoms with E-state index in [2.05, 4.69) is 146 Å².